The average molecular weight is 400 g/mol. The van der Waals surface area contributed by atoms with Gasteiger partial charge in [0, 0.05) is 18.2 Å². The minimum absolute atomic E-state index is 0.125. The fourth-order valence-corrected chi connectivity index (χ4v) is 3.05. The monoisotopic (exact) mass is 399 g/mol. The Bertz CT molecular complexity index is 778. The van der Waals surface area contributed by atoms with Crippen LogP contribution in [0.15, 0.2) is 29.5 Å². The molecule has 0 unspecified atom stereocenters. The first kappa shape index (κ1) is 20.1. The van der Waals surface area contributed by atoms with E-state index in [0.29, 0.717) is 16.3 Å². The van der Waals surface area contributed by atoms with Gasteiger partial charge in [0.15, 0.2) is 0 Å². The topological polar surface area (TPSA) is 98.8 Å². The number of benzene rings is 1. The minimum Gasteiger partial charge on any atom is -0.550 e. The second-order valence-electron chi connectivity index (χ2n) is 5.67. The van der Waals surface area contributed by atoms with Crippen LogP contribution in [-0.2, 0) is 14.3 Å². The molecule has 0 saturated carbocycles. The van der Waals surface area contributed by atoms with Crippen LogP contribution in [-0.4, -0.2) is 36.5 Å². The van der Waals surface area contributed by atoms with Gasteiger partial charge in [0.25, 0.3) is 0 Å². The van der Waals surface area contributed by atoms with E-state index < -0.39 is 24.0 Å². The van der Waals surface area contributed by atoms with E-state index in [2.05, 4.69) is 5.32 Å². The highest BCUT2D eigenvalue weighted by Gasteiger charge is 2.36. The molecule has 7 nitrogen and oxygen atoms in total. The summed E-state index contributed by atoms with van der Waals surface area (Å²) in [7, 11) is 1.24. The van der Waals surface area contributed by atoms with Crippen molar-refractivity contribution in [3.05, 3.63) is 45.1 Å². The third kappa shape index (κ3) is 4.28. The first-order valence-electron chi connectivity index (χ1n) is 7.78. The predicted molar refractivity (Wildman–Crippen MR) is 93.4 cm³/mol. The lowest BCUT2D eigenvalue weighted by molar-refractivity contribution is -0.305. The summed E-state index contributed by atoms with van der Waals surface area (Å²) < 4.78 is 4.85. The Balaban J connectivity index is 2.41. The second kappa shape index (κ2) is 8.42. The zero-order valence-electron chi connectivity index (χ0n) is 14.2. The Hall–Kier alpha value is -2.25. The van der Waals surface area contributed by atoms with E-state index >= 15 is 0 Å². The Morgan fingerprint density at radius 3 is 2.58 bits per heavy atom. The number of hydrogen-bond donors (Lipinski definition) is 1. The maximum absolute atomic E-state index is 12.5. The zero-order chi connectivity index (χ0) is 19.4. The molecule has 0 radical (unpaired) electrons. The molecule has 1 N–H and O–H groups in total. The number of amides is 2. The molecule has 1 heterocycles. The number of carbonyl (C=O) groups excluding carboxylic acids is 3. The summed E-state index contributed by atoms with van der Waals surface area (Å²) in [6.45, 7) is 1.73. The van der Waals surface area contributed by atoms with Crippen LogP contribution in [0.1, 0.15) is 31.4 Å². The summed E-state index contributed by atoms with van der Waals surface area (Å²) in [5.74, 6) is -1.81. The second-order valence-corrected chi connectivity index (χ2v) is 6.49. The van der Waals surface area contributed by atoms with Gasteiger partial charge in [-0.1, -0.05) is 29.3 Å². The molecule has 1 aromatic carbocycles. The molecule has 140 valence electrons. The van der Waals surface area contributed by atoms with Gasteiger partial charge >= 0.3 is 12.0 Å². The summed E-state index contributed by atoms with van der Waals surface area (Å²) in [6, 6.07) is 3.58. The lowest BCUT2D eigenvalue weighted by Gasteiger charge is -2.35. The molecule has 0 aromatic heterocycles. The molecule has 0 fully saturated rings. The molecular weight excluding hydrogens is 383 g/mol. The lowest BCUT2D eigenvalue weighted by atomic mass is 9.95. The number of nitrogens with zero attached hydrogens (tertiary/aromatic N) is 1. The van der Waals surface area contributed by atoms with Gasteiger partial charge in [0.05, 0.1) is 28.8 Å². The summed E-state index contributed by atoms with van der Waals surface area (Å²) in [4.78, 5) is 36.7. The lowest BCUT2D eigenvalue weighted by Crippen LogP contribution is -2.48. The number of carboxylic acid groups (broad SMARTS) is 1. The molecule has 1 aliphatic heterocycles. The van der Waals surface area contributed by atoms with Crippen LogP contribution >= 0.6 is 23.2 Å². The third-order valence-corrected chi connectivity index (χ3v) is 4.78. The molecule has 1 aliphatic rings. The van der Waals surface area contributed by atoms with Crippen molar-refractivity contribution in [3.63, 3.8) is 0 Å². The predicted octanol–water partition coefficient (Wildman–Crippen LogP) is 2.04. The van der Waals surface area contributed by atoms with E-state index in [-0.39, 0.29) is 30.0 Å². The van der Waals surface area contributed by atoms with Crippen molar-refractivity contribution in [2.45, 2.75) is 25.8 Å². The summed E-state index contributed by atoms with van der Waals surface area (Å²) in [5, 5.41) is 13.9. The average Bonchev–Trinajstić information content (AvgIpc) is 2.58. The maximum atomic E-state index is 12.5. The molecule has 1 aromatic rings. The number of urea groups is 1. The summed E-state index contributed by atoms with van der Waals surface area (Å²) in [5.41, 5.74) is 1.19. The van der Waals surface area contributed by atoms with E-state index in [1.54, 1.807) is 25.1 Å². The number of carbonyl (C=O) groups is 3. The molecule has 2 amide bonds. The van der Waals surface area contributed by atoms with E-state index in [1.807, 2.05) is 0 Å². The number of halogens is 2. The number of allylic oxidation sites excluding steroid dienone is 1. The van der Waals surface area contributed by atoms with E-state index in [1.165, 1.54) is 12.0 Å². The molecule has 9 heteroatoms. The Morgan fingerprint density at radius 2 is 2.00 bits per heavy atom. The van der Waals surface area contributed by atoms with Crippen molar-refractivity contribution >= 4 is 41.2 Å². The molecule has 26 heavy (non-hydrogen) atoms. The van der Waals surface area contributed by atoms with Gasteiger partial charge in [-0.05, 0) is 37.5 Å². The Labute approximate surface area is 160 Å². The Morgan fingerprint density at radius 1 is 1.31 bits per heavy atom. The van der Waals surface area contributed by atoms with E-state index in [9.17, 15) is 19.5 Å². The van der Waals surface area contributed by atoms with Crippen molar-refractivity contribution in [2.24, 2.45) is 0 Å². The third-order valence-electron chi connectivity index (χ3n) is 4.04. The SMILES string of the molecule is COC(=O)C1=C(C)N(CCCC(=O)[O-])C(=O)N[C@@H]1c1ccc(Cl)c(Cl)c1. The molecule has 0 bridgehead atoms. The van der Waals surface area contributed by atoms with Gasteiger partial charge < -0.3 is 20.0 Å². The number of rotatable bonds is 6. The van der Waals surface area contributed by atoms with Gasteiger partial charge in [-0.2, -0.15) is 0 Å². The largest absolute Gasteiger partial charge is 0.550 e. The van der Waals surface area contributed by atoms with Crippen LogP contribution in [0.2, 0.25) is 10.0 Å². The van der Waals surface area contributed by atoms with Crippen LogP contribution < -0.4 is 10.4 Å². The fourth-order valence-electron chi connectivity index (χ4n) is 2.75. The summed E-state index contributed by atoms with van der Waals surface area (Å²) >= 11 is 12.0. The molecule has 1 atom stereocenters. The van der Waals surface area contributed by atoms with Crippen molar-refractivity contribution in [1.82, 2.24) is 10.2 Å². The van der Waals surface area contributed by atoms with Crippen LogP contribution in [0, 0.1) is 0 Å². The highest BCUT2D eigenvalue weighted by molar-refractivity contribution is 6.42. The van der Waals surface area contributed by atoms with Crippen molar-refractivity contribution in [2.75, 3.05) is 13.7 Å². The minimum atomic E-state index is -1.20. The number of carboxylic acids is 1. The fraction of sp³-hybridized carbons (Fsp3) is 0.353. The number of nitrogens with one attached hydrogen (secondary N) is 1. The van der Waals surface area contributed by atoms with Gasteiger partial charge in [-0.15, -0.1) is 0 Å². The summed E-state index contributed by atoms with van der Waals surface area (Å²) in [6.07, 6.45) is -0.000175. The molecular formula is C17H17Cl2N2O5-. The molecule has 2 rings (SSSR count). The van der Waals surface area contributed by atoms with Gasteiger partial charge in [0.1, 0.15) is 0 Å². The molecule has 0 spiro atoms. The first-order valence-corrected chi connectivity index (χ1v) is 8.53. The number of hydrogen-bond acceptors (Lipinski definition) is 5. The quantitative estimate of drug-likeness (QED) is 0.737. The van der Waals surface area contributed by atoms with Gasteiger partial charge in [0.2, 0.25) is 0 Å². The first-order chi connectivity index (χ1) is 12.3. The number of ether oxygens (including phenoxy) is 1. The van der Waals surface area contributed by atoms with Crippen molar-refractivity contribution < 1.29 is 24.2 Å². The van der Waals surface area contributed by atoms with Gasteiger partial charge in [-0.25, -0.2) is 9.59 Å². The van der Waals surface area contributed by atoms with E-state index in [0.717, 1.165) is 0 Å². The van der Waals surface area contributed by atoms with Crippen molar-refractivity contribution in [3.8, 4) is 0 Å². The van der Waals surface area contributed by atoms with Crippen molar-refractivity contribution in [1.29, 1.82) is 0 Å². The number of methoxy groups -OCH3 is 1. The van der Waals surface area contributed by atoms with E-state index in [4.69, 9.17) is 27.9 Å². The van der Waals surface area contributed by atoms with Crippen LogP contribution in [0.25, 0.3) is 0 Å². The van der Waals surface area contributed by atoms with Crippen LogP contribution in [0.3, 0.4) is 0 Å². The maximum Gasteiger partial charge on any atom is 0.337 e. The zero-order valence-corrected chi connectivity index (χ0v) is 15.7. The normalized spacial score (nSPS) is 17.2. The molecule has 0 aliphatic carbocycles. The highest BCUT2D eigenvalue weighted by Crippen LogP contribution is 2.34. The number of aliphatic carboxylic acids is 1. The standard InChI is InChI=1S/C17H18Cl2N2O5/c1-9-14(16(24)26-2)15(10-5-6-11(18)12(19)8-10)20-17(25)21(9)7-3-4-13(22)23/h5-6,8,15H,3-4,7H2,1-2H3,(H,20,25)(H,22,23)/p-1/t15-/m1/s1. The molecule has 0 saturated heterocycles. The highest BCUT2D eigenvalue weighted by atomic mass is 35.5. The Kier molecular flexibility index (Phi) is 6.50. The van der Waals surface area contributed by atoms with Crippen LogP contribution in [0.5, 0.6) is 0 Å². The van der Waals surface area contributed by atoms with Gasteiger partial charge in [-0.3, -0.25) is 4.90 Å². The number of esters is 1. The van der Waals surface area contributed by atoms with Crippen LogP contribution in [0.4, 0.5) is 4.79 Å². The smallest absolute Gasteiger partial charge is 0.337 e.